The first-order chi connectivity index (χ1) is 7.52. The lowest BCUT2D eigenvalue weighted by molar-refractivity contribution is -0.141. The van der Waals surface area contributed by atoms with Crippen LogP contribution in [-0.4, -0.2) is 28.6 Å². The molecule has 82 valence electrons. The molecule has 1 aliphatic rings. The largest absolute Gasteiger partial charge is 0.384 e. The van der Waals surface area contributed by atoms with Crippen LogP contribution in [0.1, 0.15) is 11.5 Å². The van der Waals surface area contributed by atoms with E-state index in [0.29, 0.717) is 0 Å². The highest BCUT2D eigenvalue weighted by Crippen LogP contribution is 2.28. The van der Waals surface area contributed by atoms with Gasteiger partial charge in [0, 0.05) is 0 Å². The van der Waals surface area contributed by atoms with Gasteiger partial charge in [-0.05, 0) is 17.7 Å². The van der Waals surface area contributed by atoms with E-state index in [-0.39, 0.29) is 5.56 Å². The molecular weight excluding hydrogens is 215 g/mol. The Morgan fingerprint density at radius 1 is 1.12 bits per heavy atom. The summed E-state index contributed by atoms with van der Waals surface area (Å²) in [6.45, 7) is 0. The second-order valence-electron chi connectivity index (χ2n) is 3.54. The highest BCUT2D eigenvalue weighted by atomic mass is 19.1. The van der Waals surface area contributed by atoms with Crippen molar-refractivity contribution in [1.29, 1.82) is 0 Å². The molecule has 1 aromatic carbocycles. The Morgan fingerprint density at radius 2 is 1.81 bits per heavy atom. The fourth-order valence-electron chi connectivity index (χ4n) is 1.73. The maximum Gasteiger partial charge on any atom is 0.267 e. The molecule has 2 atom stereocenters. The second-order valence-corrected chi connectivity index (χ2v) is 3.54. The molecular formula is C11H7FO4. The van der Waals surface area contributed by atoms with Gasteiger partial charge in [0.05, 0.1) is 5.92 Å². The lowest BCUT2D eigenvalue weighted by Crippen LogP contribution is -2.21. The Kier molecular flexibility index (Phi) is 2.40. The number of halogens is 1. The predicted molar refractivity (Wildman–Crippen MR) is 50.2 cm³/mol. The van der Waals surface area contributed by atoms with Crippen molar-refractivity contribution >= 4 is 17.3 Å². The number of ketones is 3. The van der Waals surface area contributed by atoms with E-state index < -0.39 is 35.2 Å². The van der Waals surface area contributed by atoms with Crippen LogP contribution in [-0.2, 0) is 14.4 Å². The van der Waals surface area contributed by atoms with Crippen LogP contribution in [0.15, 0.2) is 24.3 Å². The average molecular weight is 222 g/mol. The van der Waals surface area contributed by atoms with Crippen LogP contribution in [0.4, 0.5) is 4.39 Å². The first-order valence-corrected chi connectivity index (χ1v) is 4.58. The first kappa shape index (κ1) is 10.6. The molecule has 1 aliphatic carbocycles. The summed E-state index contributed by atoms with van der Waals surface area (Å²) in [6.07, 6.45) is -1.69. The molecule has 2 unspecified atom stereocenters. The standard InChI is InChI=1S/C11H7FO4/c12-6-3-1-2-5(4-6)7-8(13)10(15)11(16)9(7)14/h1-4,7-8,13H. The Hall–Kier alpha value is -1.88. The van der Waals surface area contributed by atoms with Gasteiger partial charge in [0.1, 0.15) is 11.9 Å². The minimum Gasteiger partial charge on any atom is -0.384 e. The molecule has 1 N–H and O–H groups in total. The van der Waals surface area contributed by atoms with Crippen molar-refractivity contribution in [3.8, 4) is 0 Å². The lowest BCUT2D eigenvalue weighted by Gasteiger charge is -2.10. The van der Waals surface area contributed by atoms with E-state index in [2.05, 4.69) is 0 Å². The quantitative estimate of drug-likeness (QED) is 0.678. The third-order valence-corrected chi connectivity index (χ3v) is 2.52. The summed E-state index contributed by atoms with van der Waals surface area (Å²) in [5.41, 5.74) is 0.136. The fraction of sp³-hybridized carbons (Fsp3) is 0.182. The highest BCUT2D eigenvalue weighted by Gasteiger charge is 2.48. The smallest absolute Gasteiger partial charge is 0.267 e. The maximum atomic E-state index is 12.9. The van der Waals surface area contributed by atoms with Gasteiger partial charge in [0.25, 0.3) is 5.78 Å². The second kappa shape index (κ2) is 3.61. The molecule has 2 rings (SSSR count). The lowest BCUT2D eigenvalue weighted by atomic mass is 9.95. The summed E-state index contributed by atoms with van der Waals surface area (Å²) in [6, 6.07) is 4.93. The average Bonchev–Trinajstić information content (AvgIpc) is 2.44. The number of carbonyl (C=O) groups is 3. The van der Waals surface area contributed by atoms with Gasteiger partial charge >= 0.3 is 0 Å². The molecule has 0 aliphatic heterocycles. The Labute approximate surface area is 89.7 Å². The van der Waals surface area contributed by atoms with E-state index in [1.54, 1.807) is 0 Å². The van der Waals surface area contributed by atoms with Crippen LogP contribution in [0.25, 0.3) is 0 Å². The number of Topliss-reactive ketones (excluding diaryl/α,β-unsaturated/α-hetero) is 3. The number of carbonyl (C=O) groups excluding carboxylic acids is 3. The van der Waals surface area contributed by atoms with E-state index in [9.17, 15) is 23.9 Å². The molecule has 0 amide bonds. The molecule has 1 fully saturated rings. The van der Waals surface area contributed by atoms with Crippen LogP contribution >= 0.6 is 0 Å². The molecule has 5 heteroatoms. The molecule has 0 heterocycles. The van der Waals surface area contributed by atoms with Crippen molar-refractivity contribution in [2.45, 2.75) is 12.0 Å². The topological polar surface area (TPSA) is 71.4 Å². The summed E-state index contributed by atoms with van der Waals surface area (Å²) in [4.78, 5) is 33.5. The number of aliphatic hydroxyl groups excluding tert-OH is 1. The predicted octanol–water partition coefficient (Wildman–Crippen LogP) is -0.00890. The van der Waals surface area contributed by atoms with E-state index in [4.69, 9.17) is 0 Å². The number of rotatable bonds is 1. The summed E-state index contributed by atoms with van der Waals surface area (Å²) < 4.78 is 12.9. The van der Waals surface area contributed by atoms with Crippen molar-refractivity contribution in [1.82, 2.24) is 0 Å². The van der Waals surface area contributed by atoms with Gasteiger partial charge in [-0.1, -0.05) is 12.1 Å². The zero-order chi connectivity index (χ0) is 11.9. The van der Waals surface area contributed by atoms with Gasteiger partial charge < -0.3 is 5.11 Å². The van der Waals surface area contributed by atoms with Crippen molar-refractivity contribution < 1.29 is 23.9 Å². The van der Waals surface area contributed by atoms with Crippen LogP contribution in [0, 0.1) is 5.82 Å². The van der Waals surface area contributed by atoms with Crippen LogP contribution in [0.5, 0.6) is 0 Å². The molecule has 1 saturated carbocycles. The van der Waals surface area contributed by atoms with E-state index >= 15 is 0 Å². The van der Waals surface area contributed by atoms with Crippen molar-refractivity contribution in [2.24, 2.45) is 0 Å². The van der Waals surface area contributed by atoms with Crippen molar-refractivity contribution in [3.05, 3.63) is 35.6 Å². The molecule has 0 spiro atoms. The zero-order valence-corrected chi connectivity index (χ0v) is 8.01. The molecule has 0 aromatic heterocycles. The summed E-state index contributed by atoms with van der Waals surface area (Å²) >= 11 is 0. The van der Waals surface area contributed by atoms with Crippen LogP contribution in [0.2, 0.25) is 0 Å². The Bertz CT molecular complexity index is 495. The third kappa shape index (κ3) is 1.45. The molecule has 0 radical (unpaired) electrons. The first-order valence-electron chi connectivity index (χ1n) is 4.58. The molecule has 0 saturated heterocycles. The van der Waals surface area contributed by atoms with Gasteiger partial charge in [0.2, 0.25) is 11.6 Å². The van der Waals surface area contributed by atoms with Crippen LogP contribution in [0.3, 0.4) is 0 Å². The van der Waals surface area contributed by atoms with Gasteiger partial charge in [0.15, 0.2) is 0 Å². The SMILES string of the molecule is O=C1C(=O)C(O)C(c2cccc(F)c2)C1=O. The van der Waals surface area contributed by atoms with Crippen molar-refractivity contribution in [2.75, 3.05) is 0 Å². The number of hydrogen-bond donors (Lipinski definition) is 1. The Balaban J connectivity index is 2.46. The normalized spacial score (nSPS) is 25.2. The number of benzene rings is 1. The third-order valence-electron chi connectivity index (χ3n) is 2.52. The summed E-state index contributed by atoms with van der Waals surface area (Å²) in [5, 5.41) is 9.43. The summed E-state index contributed by atoms with van der Waals surface area (Å²) in [5.74, 6) is -5.19. The van der Waals surface area contributed by atoms with Gasteiger partial charge in [-0.3, -0.25) is 14.4 Å². The van der Waals surface area contributed by atoms with E-state index in [0.717, 1.165) is 6.07 Å². The van der Waals surface area contributed by atoms with Gasteiger partial charge in [-0.2, -0.15) is 0 Å². The fourth-order valence-corrected chi connectivity index (χ4v) is 1.73. The van der Waals surface area contributed by atoms with Gasteiger partial charge in [-0.15, -0.1) is 0 Å². The van der Waals surface area contributed by atoms with E-state index in [1.165, 1.54) is 18.2 Å². The van der Waals surface area contributed by atoms with Gasteiger partial charge in [-0.25, -0.2) is 4.39 Å². The van der Waals surface area contributed by atoms with E-state index in [1.807, 2.05) is 0 Å². The molecule has 0 bridgehead atoms. The number of aliphatic hydroxyl groups is 1. The minimum atomic E-state index is -1.69. The van der Waals surface area contributed by atoms with Crippen molar-refractivity contribution in [3.63, 3.8) is 0 Å². The molecule has 1 aromatic rings. The number of hydrogen-bond acceptors (Lipinski definition) is 4. The highest BCUT2D eigenvalue weighted by molar-refractivity contribution is 6.69. The summed E-state index contributed by atoms with van der Waals surface area (Å²) in [7, 11) is 0. The minimum absolute atomic E-state index is 0.136. The zero-order valence-electron chi connectivity index (χ0n) is 8.01. The maximum absolute atomic E-state index is 12.9. The van der Waals surface area contributed by atoms with Crippen LogP contribution < -0.4 is 0 Å². The monoisotopic (exact) mass is 222 g/mol. The molecule has 4 nitrogen and oxygen atoms in total. The molecule has 16 heavy (non-hydrogen) atoms. The Morgan fingerprint density at radius 3 is 2.31 bits per heavy atom.